The zero-order chi connectivity index (χ0) is 25.9. The number of imide groups is 1. The van der Waals surface area contributed by atoms with Crippen LogP contribution in [0.1, 0.15) is 53.1 Å². The fraction of sp³-hybridized carbons (Fsp3) is 0.0667. The van der Waals surface area contributed by atoms with Gasteiger partial charge < -0.3 is 9.47 Å². The van der Waals surface area contributed by atoms with Gasteiger partial charge in [0.15, 0.2) is 6.10 Å². The lowest BCUT2D eigenvalue weighted by atomic mass is 9.99. The molecular weight excluding hydrogens is 470 g/mol. The van der Waals surface area contributed by atoms with Crippen LogP contribution in [-0.4, -0.2) is 30.7 Å². The van der Waals surface area contributed by atoms with E-state index in [1.165, 1.54) is 25.3 Å². The molecule has 5 rings (SSSR count). The van der Waals surface area contributed by atoms with Gasteiger partial charge in [0.25, 0.3) is 11.8 Å². The Morgan fingerprint density at radius 1 is 0.703 bits per heavy atom. The molecule has 0 N–H and O–H groups in total. The predicted molar refractivity (Wildman–Crippen MR) is 136 cm³/mol. The lowest BCUT2D eigenvalue weighted by Crippen LogP contribution is -2.29. The lowest BCUT2D eigenvalue weighted by Gasteiger charge is -2.17. The average molecular weight is 491 g/mol. The molecule has 2 amide bonds. The molecule has 0 saturated heterocycles. The molecule has 1 heterocycles. The van der Waals surface area contributed by atoms with E-state index in [0.717, 1.165) is 4.90 Å². The van der Waals surface area contributed by atoms with E-state index in [4.69, 9.17) is 9.47 Å². The Hall–Kier alpha value is -5.04. The van der Waals surface area contributed by atoms with Gasteiger partial charge in [-0.05, 0) is 42.5 Å². The average Bonchev–Trinajstić information content (AvgIpc) is 3.21. The molecule has 4 aromatic rings. The number of carbonyl (C=O) groups is 4. The molecule has 0 bridgehead atoms. The van der Waals surface area contributed by atoms with Gasteiger partial charge in [-0.1, -0.05) is 60.7 Å². The highest BCUT2D eigenvalue weighted by atomic mass is 16.5. The number of esters is 1. The standard InChI is InChI=1S/C30H21NO6/c1-36-23-15-13-22(14-16-23)31-28(33)24-17-12-21(18-25(24)29(31)34)30(35)37-27(20-10-6-3-7-11-20)26(32)19-8-4-2-5-9-19/h2-18,27H,1H3/t27-/m1/s1. The Balaban J connectivity index is 1.43. The first-order valence-electron chi connectivity index (χ1n) is 11.5. The molecule has 7 heteroatoms. The summed E-state index contributed by atoms with van der Waals surface area (Å²) >= 11 is 0. The van der Waals surface area contributed by atoms with E-state index in [1.54, 1.807) is 84.9 Å². The number of amides is 2. The topological polar surface area (TPSA) is 90.0 Å². The van der Waals surface area contributed by atoms with Gasteiger partial charge in [0, 0.05) is 11.1 Å². The summed E-state index contributed by atoms with van der Waals surface area (Å²) < 4.78 is 10.8. The summed E-state index contributed by atoms with van der Waals surface area (Å²) in [7, 11) is 1.52. The van der Waals surface area contributed by atoms with Crippen molar-refractivity contribution >= 4 is 29.3 Å². The number of hydrogen-bond acceptors (Lipinski definition) is 6. The zero-order valence-corrected chi connectivity index (χ0v) is 19.8. The Labute approximate surface area is 212 Å². The maximum absolute atomic E-state index is 13.2. The summed E-state index contributed by atoms with van der Waals surface area (Å²) in [5.74, 6) is -1.63. The van der Waals surface area contributed by atoms with Gasteiger partial charge in [0.2, 0.25) is 5.78 Å². The van der Waals surface area contributed by atoms with E-state index in [9.17, 15) is 19.2 Å². The number of Topliss-reactive ketones (excluding diaryl/α,β-unsaturated/α-hetero) is 1. The van der Waals surface area contributed by atoms with Crippen molar-refractivity contribution in [3.63, 3.8) is 0 Å². The van der Waals surface area contributed by atoms with E-state index < -0.39 is 23.9 Å². The monoisotopic (exact) mass is 491 g/mol. The number of carbonyl (C=O) groups excluding carboxylic acids is 4. The van der Waals surface area contributed by atoms with E-state index in [1.807, 2.05) is 0 Å². The third-order valence-corrected chi connectivity index (χ3v) is 6.08. The fourth-order valence-corrected chi connectivity index (χ4v) is 4.16. The quantitative estimate of drug-likeness (QED) is 0.199. The number of nitrogens with zero attached hydrogens (tertiary/aromatic N) is 1. The van der Waals surface area contributed by atoms with Gasteiger partial charge >= 0.3 is 5.97 Å². The Morgan fingerprint density at radius 2 is 1.32 bits per heavy atom. The summed E-state index contributed by atoms with van der Waals surface area (Å²) in [6, 6.07) is 27.9. The Bertz CT molecular complexity index is 1500. The summed E-state index contributed by atoms with van der Waals surface area (Å²) in [5, 5.41) is 0. The number of rotatable bonds is 7. The molecule has 1 aliphatic heterocycles. The SMILES string of the molecule is COc1ccc(N2C(=O)c3ccc(C(=O)O[C@@H](C(=O)c4ccccc4)c4ccccc4)cc3C2=O)cc1. The minimum Gasteiger partial charge on any atom is -0.497 e. The molecule has 182 valence electrons. The lowest BCUT2D eigenvalue weighted by molar-refractivity contribution is 0.0280. The van der Waals surface area contributed by atoms with Crippen LogP contribution in [0, 0.1) is 0 Å². The normalized spacial score (nSPS) is 13.2. The third-order valence-electron chi connectivity index (χ3n) is 6.08. The Kier molecular flexibility index (Phi) is 6.34. The van der Waals surface area contributed by atoms with Crippen LogP contribution in [0.4, 0.5) is 5.69 Å². The van der Waals surface area contributed by atoms with E-state index in [0.29, 0.717) is 22.6 Å². The van der Waals surface area contributed by atoms with Gasteiger partial charge in [-0.15, -0.1) is 0 Å². The van der Waals surface area contributed by atoms with Crippen LogP contribution in [0.2, 0.25) is 0 Å². The maximum Gasteiger partial charge on any atom is 0.339 e. The number of benzene rings is 4. The van der Waals surface area contributed by atoms with Gasteiger partial charge in [0.1, 0.15) is 5.75 Å². The molecule has 0 aliphatic carbocycles. The molecule has 7 nitrogen and oxygen atoms in total. The molecule has 0 unspecified atom stereocenters. The molecule has 0 spiro atoms. The Morgan fingerprint density at radius 3 is 1.97 bits per heavy atom. The second-order valence-electron chi connectivity index (χ2n) is 8.33. The number of methoxy groups -OCH3 is 1. The summed E-state index contributed by atoms with van der Waals surface area (Å²) in [6.45, 7) is 0. The highest BCUT2D eigenvalue weighted by Crippen LogP contribution is 2.31. The summed E-state index contributed by atoms with van der Waals surface area (Å²) in [5.41, 5.74) is 1.61. The van der Waals surface area contributed by atoms with Crippen molar-refractivity contribution in [3.8, 4) is 5.75 Å². The highest BCUT2D eigenvalue weighted by molar-refractivity contribution is 6.34. The van der Waals surface area contributed by atoms with Crippen LogP contribution in [-0.2, 0) is 4.74 Å². The predicted octanol–water partition coefficient (Wildman–Crippen LogP) is 5.28. The van der Waals surface area contributed by atoms with Crippen LogP contribution >= 0.6 is 0 Å². The number of fused-ring (bicyclic) bond motifs is 1. The molecule has 37 heavy (non-hydrogen) atoms. The zero-order valence-electron chi connectivity index (χ0n) is 19.8. The van der Waals surface area contributed by atoms with E-state index in [2.05, 4.69) is 0 Å². The largest absolute Gasteiger partial charge is 0.497 e. The third kappa shape index (κ3) is 4.50. The van der Waals surface area contributed by atoms with Crippen molar-refractivity contribution in [2.45, 2.75) is 6.10 Å². The number of ether oxygens (including phenoxy) is 2. The fourth-order valence-electron chi connectivity index (χ4n) is 4.16. The number of anilines is 1. The van der Waals surface area contributed by atoms with Gasteiger partial charge in [-0.3, -0.25) is 14.4 Å². The van der Waals surface area contributed by atoms with Gasteiger partial charge in [-0.2, -0.15) is 0 Å². The van der Waals surface area contributed by atoms with Crippen molar-refractivity contribution in [1.82, 2.24) is 0 Å². The first-order valence-corrected chi connectivity index (χ1v) is 11.5. The second kappa shape index (κ2) is 9.91. The van der Waals surface area contributed by atoms with Crippen molar-refractivity contribution in [3.05, 3.63) is 131 Å². The van der Waals surface area contributed by atoms with Gasteiger partial charge in [0.05, 0.1) is 29.5 Å². The first kappa shape index (κ1) is 23.7. The number of ketones is 1. The van der Waals surface area contributed by atoms with Crippen molar-refractivity contribution < 1.29 is 28.7 Å². The molecule has 0 fully saturated rings. The molecule has 4 aromatic carbocycles. The van der Waals surface area contributed by atoms with Crippen molar-refractivity contribution in [2.24, 2.45) is 0 Å². The summed E-state index contributed by atoms with van der Waals surface area (Å²) in [6.07, 6.45) is -1.18. The molecule has 1 atom stereocenters. The second-order valence-corrected chi connectivity index (χ2v) is 8.33. The first-order chi connectivity index (χ1) is 18.0. The molecule has 0 aromatic heterocycles. The molecule has 1 aliphatic rings. The number of hydrogen-bond donors (Lipinski definition) is 0. The maximum atomic E-state index is 13.2. The van der Waals surface area contributed by atoms with E-state index >= 15 is 0 Å². The molecule has 0 radical (unpaired) electrons. The van der Waals surface area contributed by atoms with Crippen molar-refractivity contribution in [2.75, 3.05) is 12.0 Å². The van der Waals surface area contributed by atoms with Crippen LogP contribution in [0.5, 0.6) is 5.75 Å². The molecule has 0 saturated carbocycles. The minimum absolute atomic E-state index is 0.0540. The van der Waals surface area contributed by atoms with Crippen LogP contribution < -0.4 is 9.64 Å². The van der Waals surface area contributed by atoms with Crippen LogP contribution in [0.15, 0.2) is 103 Å². The highest BCUT2D eigenvalue weighted by Gasteiger charge is 2.37. The minimum atomic E-state index is -1.18. The van der Waals surface area contributed by atoms with Gasteiger partial charge in [-0.25, -0.2) is 9.69 Å². The van der Waals surface area contributed by atoms with Crippen molar-refractivity contribution in [1.29, 1.82) is 0 Å². The summed E-state index contributed by atoms with van der Waals surface area (Å²) in [4.78, 5) is 53.6. The van der Waals surface area contributed by atoms with Crippen LogP contribution in [0.25, 0.3) is 0 Å². The van der Waals surface area contributed by atoms with E-state index in [-0.39, 0.29) is 22.5 Å². The van der Waals surface area contributed by atoms with Crippen LogP contribution in [0.3, 0.4) is 0 Å². The smallest absolute Gasteiger partial charge is 0.339 e. The molecular formula is C30H21NO6.